The molecule has 0 radical (unpaired) electrons. The molecule has 1 aliphatic heterocycles. The average Bonchev–Trinajstić information content (AvgIpc) is 2.83. The van der Waals surface area contributed by atoms with Gasteiger partial charge in [0, 0.05) is 28.9 Å². The molecule has 0 aromatic carbocycles. The van der Waals surface area contributed by atoms with Crippen molar-refractivity contribution in [3.8, 4) is 11.8 Å². The van der Waals surface area contributed by atoms with E-state index < -0.39 is 0 Å². The van der Waals surface area contributed by atoms with Crippen molar-refractivity contribution in [1.82, 2.24) is 4.90 Å². The van der Waals surface area contributed by atoms with E-state index in [2.05, 4.69) is 42.0 Å². The van der Waals surface area contributed by atoms with Gasteiger partial charge in [0.05, 0.1) is 0 Å². The number of thiophene rings is 1. The lowest BCUT2D eigenvalue weighted by Gasteiger charge is -2.18. The molecule has 1 aliphatic rings. The molecule has 3 heteroatoms. The Kier molecular flexibility index (Phi) is 3.88. The van der Waals surface area contributed by atoms with Crippen molar-refractivity contribution in [2.45, 2.75) is 26.8 Å². The Bertz CT molecular complexity index is 439. The van der Waals surface area contributed by atoms with Gasteiger partial charge in [-0.15, -0.1) is 11.3 Å². The minimum absolute atomic E-state index is 0.0640. The molecular formula is C14H19NOS. The van der Waals surface area contributed by atoms with Gasteiger partial charge in [0.15, 0.2) is 0 Å². The second-order valence-electron chi connectivity index (χ2n) is 5.39. The molecule has 2 nitrogen and oxygen atoms in total. The highest BCUT2D eigenvalue weighted by molar-refractivity contribution is 7.10. The zero-order chi connectivity index (χ0) is 12.3. The van der Waals surface area contributed by atoms with Crippen LogP contribution in [-0.2, 0) is 6.54 Å². The first-order valence-corrected chi connectivity index (χ1v) is 6.86. The number of hydrogen-bond acceptors (Lipinski definition) is 3. The van der Waals surface area contributed by atoms with Gasteiger partial charge in [-0.2, -0.15) is 0 Å². The Hall–Kier alpha value is -0.820. The monoisotopic (exact) mass is 249 g/mol. The number of likely N-dealkylation sites (tertiary alicyclic amines) is 1. The van der Waals surface area contributed by atoms with E-state index in [0.717, 1.165) is 12.1 Å². The van der Waals surface area contributed by atoms with E-state index in [-0.39, 0.29) is 6.61 Å². The maximum absolute atomic E-state index is 8.64. The highest BCUT2D eigenvalue weighted by Gasteiger charge is 2.28. The molecule has 17 heavy (non-hydrogen) atoms. The summed E-state index contributed by atoms with van der Waals surface area (Å²) in [6.07, 6.45) is 1.29. The summed E-state index contributed by atoms with van der Waals surface area (Å²) < 4.78 is 0. The van der Waals surface area contributed by atoms with Crippen molar-refractivity contribution in [2.75, 3.05) is 19.7 Å². The second-order valence-corrected chi connectivity index (χ2v) is 6.38. The largest absolute Gasteiger partial charge is 0.384 e. The van der Waals surface area contributed by atoms with Crippen LogP contribution in [0.1, 0.15) is 30.7 Å². The van der Waals surface area contributed by atoms with E-state index in [1.165, 1.54) is 24.4 Å². The molecule has 1 aromatic rings. The Labute approximate surface area is 107 Å². The highest BCUT2D eigenvalue weighted by Crippen LogP contribution is 2.30. The Morgan fingerprint density at radius 1 is 1.53 bits per heavy atom. The molecule has 0 spiro atoms. The summed E-state index contributed by atoms with van der Waals surface area (Å²) in [6, 6.07) is 2.14. The van der Waals surface area contributed by atoms with Crippen LogP contribution in [0, 0.1) is 17.3 Å². The van der Waals surface area contributed by atoms with Gasteiger partial charge in [-0.1, -0.05) is 25.7 Å². The van der Waals surface area contributed by atoms with E-state index in [0.29, 0.717) is 5.41 Å². The van der Waals surface area contributed by atoms with Crippen molar-refractivity contribution in [3.05, 3.63) is 21.9 Å². The third kappa shape index (κ3) is 3.57. The van der Waals surface area contributed by atoms with Crippen LogP contribution < -0.4 is 0 Å². The van der Waals surface area contributed by atoms with Crippen LogP contribution in [0.25, 0.3) is 0 Å². The molecule has 1 aromatic heterocycles. The van der Waals surface area contributed by atoms with Gasteiger partial charge in [0.2, 0.25) is 0 Å². The molecule has 92 valence electrons. The van der Waals surface area contributed by atoms with Gasteiger partial charge < -0.3 is 5.11 Å². The molecular weight excluding hydrogens is 230 g/mol. The number of nitrogens with zero attached hydrogens (tertiary/aromatic N) is 1. The summed E-state index contributed by atoms with van der Waals surface area (Å²) in [6.45, 7) is 8.02. The van der Waals surface area contributed by atoms with Crippen molar-refractivity contribution in [3.63, 3.8) is 0 Å². The molecule has 0 saturated carbocycles. The van der Waals surface area contributed by atoms with Gasteiger partial charge in [0.25, 0.3) is 0 Å². The average molecular weight is 249 g/mol. The van der Waals surface area contributed by atoms with Crippen LogP contribution in [0.5, 0.6) is 0 Å². The number of aliphatic hydroxyl groups is 1. The predicted molar refractivity (Wildman–Crippen MR) is 72.0 cm³/mol. The molecule has 0 bridgehead atoms. The quantitative estimate of drug-likeness (QED) is 0.813. The van der Waals surface area contributed by atoms with Crippen molar-refractivity contribution >= 4 is 11.3 Å². The number of hydrogen-bond donors (Lipinski definition) is 1. The summed E-state index contributed by atoms with van der Waals surface area (Å²) in [5.74, 6) is 5.63. The molecule has 0 unspecified atom stereocenters. The van der Waals surface area contributed by atoms with Crippen LogP contribution in [0.15, 0.2) is 11.4 Å². The van der Waals surface area contributed by atoms with Crippen LogP contribution in [0.2, 0.25) is 0 Å². The van der Waals surface area contributed by atoms with Crippen LogP contribution >= 0.6 is 11.3 Å². The van der Waals surface area contributed by atoms with Crippen molar-refractivity contribution < 1.29 is 5.11 Å². The van der Waals surface area contributed by atoms with Crippen LogP contribution in [0.4, 0.5) is 0 Å². The standard InChI is InChI=1S/C14H19NOS/c1-14(2)5-6-15(11-14)9-13-8-12(10-17-13)4-3-7-16/h8,10,16H,5-7,9,11H2,1-2H3. The predicted octanol–water partition coefficient (Wildman–Crippen LogP) is 2.32. The first-order chi connectivity index (χ1) is 8.09. The van der Waals surface area contributed by atoms with Gasteiger partial charge in [-0.3, -0.25) is 4.90 Å². The summed E-state index contributed by atoms with van der Waals surface area (Å²) in [5, 5.41) is 10.7. The summed E-state index contributed by atoms with van der Waals surface area (Å²) in [7, 11) is 0. The molecule has 0 amide bonds. The first-order valence-electron chi connectivity index (χ1n) is 5.98. The third-order valence-electron chi connectivity index (χ3n) is 3.10. The normalized spacial score (nSPS) is 19.0. The van der Waals surface area contributed by atoms with E-state index in [1.807, 2.05) is 0 Å². The Morgan fingerprint density at radius 2 is 2.35 bits per heavy atom. The van der Waals surface area contributed by atoms with Crippen molar-refractivity contribution in [1.29, 1.82) is 0 Å². The minimum atomic E-state index is -0.0640. The zero-order valence-corrected chi connectivity index (χ0v) is 11.3. The molecule has 0 atom stereocenters. The summed E-state index contributed by atoms with van der Waals surface area (Å²) >= 11 is 1.76. The fraction of sp³-hybridized carbons (Fsp3) is 0.571. The van der Waals surface area contributed by atoms with Gasteiger partial charge in [-0.25, -0.2) is 0 Å². The molecule has 2 heterocycles. The summed E-state index contributed by atoms with van der Waals surface area (Å²) in [5.41, 5.74) is 1.49. The fourth-order valence-electron chi connectivity index (χ4n) is 2.25. The minimum Gasteiger partial charge on any atom is -0.384 e. The molecule has 2 rings (SSSR count). The topological polar surface area (TPSA) is 23.5 Å². The van der Waals surface area contributed by atoms with Crippen molar-refractivity contribution in [2.24, 2.45) is 5.41 Å². The molecule has 1 fully saturated rings. The van der Waals surface area contributed by atoms with E-state index >= 15 is 0 Å². The zero-order valence-electron chi connectivity index (χ0n) is 10.5. The number of aliphatic hydroxyl groups excluding tert-OH is 1. The first kappa shape index (κ1) is 12.6. The van der Waals surface area contributed by atoms with Gasteiger partial charge >= 0.3 is 0 Å². The second kappa shape index (κ2) is 5.22. The molecule has 0 aliphatic carbocycles. The van der Waals surface area contributed by atoms with E-state index in [1.54, 1.807) is 11.3 Å². The van der Waals surface area contributed by atoms with Crippen LogP contribution in [-0.4, -0.2) is 29.7 Å². The SMILES string of the molecule is CC1(C)CCN(Cc2cc(C#CCO)cs2)C1. The molecule has 1 N–H and O–H groups in total. The van der Waals surface area contributed by atoms with E-state index in [9.17, 15) is 0 Å². The number of rotatable bonds is 2. The lowest BCUT2D eigenvalue weighted by molar-refractivity contribution is 0.286. The van der Waals surface area contributed by atoms with Crippen LogP contribution in [0.3, 0.4) is 0 Å². The Morgan fingerprint density at radius 3 is 3.00 bits per heavy atom. The smallest absolute Gasteiger partial charge is 0.104 e. The summed E-state index contributed by atoms with van der Waals surface area (Å²) in [4.78, 5) is 3.87. The highest BCUT2D eigenvalue weighted by atomic mass is 32.1. The Balaban J connectivity index is 1.94. The maximum Gasteiger partial charge on any atom is 0.104 e. The lowest BCUT2D eigenvalue weighted by atomic mass is 9.93. The van der Waals surface area contributed by atoms with Gasteiger partial charge in [0.1, 0.15) is 6.61 Å². The van der Waals surface area contributed by atoms with Gasteiger partial charge in [-0.05, 0) is 24.4 Å². The van der Waals surface area contributed by atoms with E-state index in [4.69, 9.17) is 5.11 Å². The third-order valence-corrected chi connectivity index (χ3v) is 4.02. The lowest BCUT2D eigenvalue weighted by Crippen LogP contribution is -2.22. The maximum atomic E-state index is 8.64. The fourth-order valence-corrected chi connectivity index (χ4v) is 3.11. The molecule has 1 saturated heterocycles.